The summed E-state index contributed by atoms with van der Waals surface area (Å²) < 4.78 is 5.10. The summed E-state index contributed by atoms with van der Waals surface area (Å²) in [5.74, 6) is 0.831. The summed E-state index contributed by atoms with van der Waals surface area (Å²) in [6.45, 7) is 4.52. The van der Waals surface area contributed by atoms with E-state index in [1.54, 1.807) is 13.2 Å². The van der Waals surface area contributed by atoms with E-state index >= 15 is 0 Å². The number of nitrogens with one attached hydrogen (secondary N) is 1. The van der Waals surface area contributed by atoms with E-state index in [4.69, 9.17) is 16.3 Å². The molecule has 1 atom stereocenters. The van der Waals surface area contributed by atoms with Crippen LogP contribution in [0.15, 0.2) is 18.2 Å². The van der Waals surface area contributed by atoms with E-state index in [2.05, 4.69) is 12.2 Å². The molecule has 1 heterocycles. The number of halogens is 2. The highest BCUT2D eigenvalue weighted by molar-refractivity contribution is 6.31. The first kappa shape index (κ1) is 17.1. The third-order valence-electron chi connectivity index (χ3n) is 3.42. The van der Waals surface area contributed by atoms with Gasteiger partial charge in [0.1, 0.15) is 5.75 Å². The predicted molar refractivity (Wildman–Crippen MR) is 83.0 cm³/mol. The minimum absolute atomic E-state index is 0. The molecule has 0 aromatic heterocycles. The molecule has 0 saturated carbocycles. The second-order valence-electron chi connectivity index (χ2n) is 4.77. The molecule has 112 valence electrons. The van der Waals surface area contributed by atoms with Gasteiger partial charge in [-0.2, -0.15) is 0 Å². The van der Waals surface area contributed by atoms with Crippen LogP contribution in [0, 0.1) is 0 Å². The molecule has 1 amide bonds. The van der Waals surface area contributed by atoms with Gasteiger partial charge in [-0.15, -0.1) is 12.4 Å². The molecule has 0 bridgehead atoms. The molecule has 20 heavy (non-hydrogen) atoms. The minimum atomic E-state index is 0. The number of carbonyl (C=O) groups excluding carboxylic acids is 1. The molecule has 1 saturated heterocycles. The van der Waals surface area contributed by atoms with Gasteiger partial charge in [-0.05, 0) is 24.6 Å². The van der Waals surface area contributed by atoms with Crippen LogP contribution in [0.2, 0.25) is 5.02 Å². The number of benzene rings is 1. The molecule has 1 aliphatic rings. The lowest BCUT2D eigenvalue weighted by Crippen LogP contribution is -2.52. The number of carbonyl (C=O) groups is 1. The Morgan fingerprint density at radius 1 is 1.55 bits per heavy atom. The van der Waals surface area contributed by atoms with Gasteiger partial charge in [-0.3, -0.25) is 4.79 Å². The van der Waals surface area contributed by atoms with Crippen LogP contribution in [0.5, 0.6) is 5.75 Å². The third kappa shape index (κ3) is 4.01. The third-order valence-corrected chi connectivity index (χ3v) is 3.78. The molecule has 6 heteroatoms. The summed E-state index contributed by atoms with van der Waals surface area (Å²) in [6.07, 6.45) is 0.340. The Morgan fingerprint density at radius 2 is 2.30 bits per heavy atom. The van der Waals surface area contributed by atoms with E-state index in [0.29, 0.717) is 17.2 Å². The molecule has 1 fully saturated rings. The number of rotatable bonds is 3. The second-order valence-corrected chi connectivity index (χ2v) is 5.18. The Kier molecular flexibility index (Phi) is 6.59. The fourth-order valence-electron chi connectivity index (χ4n) is 2.27. The summed E-state index contributed by atoms with van der Waals surface area (Å²) in [4.78, 5) is 14.2. The molecule has 4 nitrogen and oxygen atoms in total. The SMILES string of the molecule is COc1ccc(CC(=O)N2CCNCC2C)c(Cl)c1.Cl. The van der Waals surface area contributed by atoms with Gasteiger partial charge in [0.2, 0.25) is 5.91 Å². The van der Waals surface area contributed by atoms with Crippen molar-refractivity contribution in [1.29, 1.82) is 0 Å². The Hall–Kier alpha value is -0.970. The van der Waals surface area contributed by atoms with E-state index in [1.807, 2.05) is 17.0 Å². The lowest BCUT2D eigenvalue weighted by atomic mass is 10.1. The summed E-state index contributed by atoms with van der Waals surface area (Å²) in [7, 11) is 1.60. The maximum absolute atomic E-state index is 12.3. The van der Waals surface area contributed by atoms with Crippen molar-refractivity contribution < 1.29 is 9.53 Å². The Labute approximate surface area is 130 Å². The zero-order chi connectivity index (χ0) is 13.8. The molecular formula is C14H20Cl2N2O2. The van der Waals surface area contributed by atoms with E-state index in [1.165, 1.54) is 0 Å². The number of methoxy groups -OCH3 is 1. The van der Waals surface area contributed by atoms with Crippen LogP contribution in [-0.2, 0) is 11.2 Å². The molecule has 1 aromatic carbocycles. The maximum Gasteiger partial charge on any atom is 0.227 e. The smallest absolute Gasteiger partial charge is 0.227 e. The number of hydrogen-bond donors (Lipinski definition) is 1. The number of hydrogen-bond acceptors (Lipinski definition) is 3. The molecule has 1 unspecified atom stereocenters. The molecule has 2 rings (SSSR count). The van der Waals surface area contributed by atoms with Gasteiger partial charge in [0.15, 0.2) is 0 Å². The van der Waals surface area contributed by atoms with Gasteiger partial charge in [-0.1, -0.05) is 17.7 Å². The normalized spacial score (nSPS) is 18.4. The largest absolute Gasteiger partial charge is 0.497 e. The van der Waals surface area contributed by atoms with Gasteiger partial charge in [-0.25, -0.2) is 0 Å². The van der Waals surface area contributed by atoms with Gasteiger partial charge < -0.3 is 15.0 Å². The van der Waals surface area contributed by atoms with Crippen molar-refractivity contribution in [3.8, 4) is 5.75 Å². The Balaban J connectivity index is 0.00000200. The topological polar surface area (TPSA) is 41.6 Å². The summed E-state index contributed by atoms with van der Waals surface area (Å²) >= 11 is 6.16. The van der Waals surface area contributed by atoms with E-state index in [-0.39, 0.29) is 24.4 Å². The van der Waals surface area contributed by atoms with Crippen LogP contribution in [0.1, 0.15) is 12.5 Å². The lowest BCUT2D eigenvalue weighted by molar-refractivity contribution is -0.133. The fourth-order valence-corrected chi connectivity index (χ4v) is 2.51. The van der Waals surface area contributed by atoms with E-state index in [9.17, 15) is 4.79 Å². The average Bonchev–Trinajstić information content (AvgIpc) is 2.41. The van der Waals surface area contributed by atoms with Crippen molar-refractivity contribution in [3.63, 3.8) is 0 Å². The van der Waals surface area contributed by atoms with Crippen molar-refractivity contribution in [2.45, 2.75) is 19.4 Å². The monoisotopic (exact) mass is 318 g/mol. The van der Waals surface area contributed by atoms with Crippen molar-refractivity contribution in [1.82, 2.24) is 10.2 Å². The molecule has 0 spiro atoms. The molecule has 0 aliphatic carbocycles. The second kappa shape index (κ2) is 7.72. The standard InChI is InChI=1S/C14H19ClN2O2.ClH/c1-10-9-16-5-6-17(10)14(18)7-11-3-4-12(19-2)8-13(11)15;/h3-4,8,10,16H,5-7,9H2,1-2H3;1H. The summed E-state index contributed by atoms with van der Waals surface area (Å²) in [5, 5.41) is 3.85. The molecular weight excluding hydrogens is 299 g/mol. The highest BCUT2D eigenvalue weighted by Crippen LogP contribution is 2.23. The average molecular weight is 319 g/mol. The number of amides is 1. The maximum atomic E-state index is 12.3. The van der Waals surface area contributed by atoms with Gasteiger partial charge in [0, 0.05) is 30.7 Å². The molecule has 0 radical (unpaired) electrons. The Bertz CT molecular complexity index is 468. The fraction of sp³-hybridized carbons (Fsp3) is 0.500. The first-order valence-corrected chi connectivity index (χ1v) is 6.82. The van der Waals surface area contributed by atoms with Crippen LogP contribution < -0.4 is 10.1 Å². The molecule has 1 N–H and O–H groups in total. The van der Waals surface area contributed by atoms with Crippen LogP contribution in [0.25, 0.3) is 0 Å². The van der Waals surface area contributed by atoms with Crippen molar-refractivity contribution in [2.75, 3.05) is 26.7 Å². The van der Waals surface area contributed by atoms with E-state index < -0.39 is 0 Å². The Morgan fingerprint density at radius 3 is 2.90 bits per heavy atom. The van der Waals surface area contributed by atoms with Crippen molar-refractivity contribution in [2.24, 2.45) is 0 Å². The van der Waals surface area contributed by atoms with Crippen LogP contribution in [0.4, 0.5) is 0 Å². The van der Waals surface area contributed by atoms with E-state index in [0.717, 1.165) is 25.2 Å². The quantitative estimate of drug-likeness (QED) is 0.928. The lowest BCUT2D eigenvalue weighted by Gasteiger charge is -2.34. The van der Waals surface area contributed by atoms with Crippen molar-refractivity contribution >= 4 is 29.9 Å². The van der Waals surface area contributed by atoms with Crippen molar-refractivity contribution in [3.05, 3.63) is 28.8 Å². The number of nitrogens with zero attached hydrogens (tertiary/aromatic N) is 1. The van der Waals surface area contributed by atoms with Gasteiger partial charge in [0.25, 0.3) is 0 Å². The number of ether oxygens (including phenoxy) is 1. The van der Waals surface area contributed by atoms with Crippen LogP contribution >= 0.6 is 24.0 Å². The first-order chi connectivity index (χ1) is 9.11. The van der Waals surface area contributed by atoms with Crippen LogP contribution in [0.3, 0.4) is 0 Å². The molecule has 1 aromatic rings. The first-order valence-electron chi connectivity index (χ1n) is 6.44. The summed E-state index contributed by atoms with van der Waals surface area (Å²) in [5.41, 5.74) is 0.846. The number of piperazine rings is 1. The predicted octanol–water partition coefficient (Wildman–Crippen LogP) is 2.13. The highest BCUT2D eigenvalue weighted by atomic mass is 35.5. The summed E-state index contributed by atoms with van der Waals surface area (Å²) in [6, 6.07) is 5.66. The van der Waals surface area contributed by atoms with Gasteiger partial charge in [0.05, 0.1) is 13.5 Å². The van der Waals surface area contributed by atoms with Gasteiger partial charge >= 0.3 is 0 Å². The zero-order valence-electron chi connectivity index (χ0n) is 11.7. The highest BCUT2D eigenvalue weighted by Gasteiger charge is 2.23. The molecule has 1 aliphatic heterocycles. The zero-order valence-corrected chi connectivity index (χ0v) is 13.3. The van der Waals surface area contributed by atoms with Crippen LogP contribution in [-0.4, -0.2) is 43.6 Å². The minimum Gasteiger partial charge on any atom is -0.497 e.